The van der Waals surface area contributed by atoms with Gasteiger partial charge in [-0.3, -0.25) is 9.69 Å². The summed E-state index contributed by atoms with van der Waals surface area (Å²) in [6.07, 6.45) is 1.12. The highest BCUT2D eigenvalue weighted by Crippen LogP contribution is 2.14. The number of carbonyl (C=O) groups excluding carboxylic acids is 1. The van der Waals surface area contributed by atoms with Crippen molar-refractivity contribution in [1.82, 2.24) is 9.80 Å². The first kappa shape index (κ1) is 15.5. The Morgan fingerprint density at radius 1 is 1.29 bits per heavy atom. The quantitative estimate of drug-likeness (QED) is 0.754. The average Bonchev–Trinajstić information content (AvgIpc) is 2.47. The van der Waals surface area contributed by atoms with Gasteiger partial charge in [-0.05, 0) is 18.2 Å². The predicted octanol–water partition coefficient (Wildman–Crippen LogP) is 0.371. The van der Waals surface area contributed by atoms with Crippen LogP contribution in [-0.4, -0.2) is 63.1 Å². The van der Waals surface area contributed by atoms with E-state index in [1.165, 1.54) is 12.1 Å². The summed E-state index contributed by atoms with van der Waals surface area (Å²) in [5, 5.41) is 8.65. The second kappa shape index (κ2) is 6.24. The molecule has 21 heavy (non-hydrogen) atoms. The van der Waals surface area contributed by atoms with Crippen LogP contribution in [0.2, 0.25) is 0 Å². The number of benzene rings is 1. The number of nitriles is 1. The summed E-state index contributed by atoms with van der Waals surface area (Å²) in [5.41, 5.74) is 0.381. The lowest BCUT2D eigenvalue weighted by atomic mass is 10.2. The Morgan fingerprint density at radius 2 is 1.95 bits per heavy atom. The summed E-state index contributed by atoms with van der Waals surface area (Å²) in [7, 11) is -3.32. The van der Waals surface area contributed by atoms with E-state index in [1.54, 1.807) is 17.0 Å². The molecule has 0 N–H and O–H groups in total. The fraction of sp³-hybridized carbons (Fsp3) is 0.429. The molecule has 1 amide bonds. The number of hydrogen-bond acceptors (Lipinski definition) is 5. The molecule has 112 valence electrons. The first-order valence-electron chi connectivity index (χ1n) is 6.60. The van der Waals surface area contributed by atoms with Crippen molar-refractivity contribution in [3.05, 3.63) is 29.8 Å². The first-order chi connectivity index (χ1) is 9.91. The lowest BCUT2D eigenvalue weighted by Crippen LogP contribution is -2.48. The maximum atomic E-state index is 12.4. The van der Waals surface area contributed by atoms with Crippen LogP contribution in [-0.2, 0) is 9.84 Å². The predicted molar refractivity (Wildman–Crippen MR) is 77.5 cm³/mol. The highest BCUT2D eigenvalue weighted by atomic mass is 32.2. The Hall–Kier alpha value is -1.91. The molecular weight excluding hydrogens is 290 g/mol. The van der Waals surface area contributed by atoms with Crippen molar-refractivity contribution >= 4 is 15.7 Å². The Balaban J connectivity index is 2.10. The van der Waals surface area contributed by atoms with Crippen molar-refractivity contribution < 1.29 is 13.2 Å². The number of sulfone groups is 1. The molecule has 2 rings (SSSR count). The van der Waals surface area contributed by atoms with E-state index < -0.39 is 9.84 Å². The van der Waals surface area contributed by atoms with E-state index in [0.717, 1.165) is 6.26 Å². The molecule has 1 aliphatic rings. The van der Waals surface area contributed by atoms with Crippen LogP contribution in [0.1, 0.15) is 10.4 Å². The van der Waals surface area contributed by atoms with E-state index in [1.807, 2.05) is 4.90 Å². The molecule has 0 aromatic heterocycles. The van der Waals surface area contributed by atoms with Crippen molar-refractivity contribution in [2.75, 3.05) is 39.0 Å². The van der Waals surface area contributed by atoms with Crippen LogP contribution in [0, 0.1) is 11.3 Å². The number of hydrogen-bond donors (Lipinski definition) is 0. The minimum absolute atomic E-state index is 0.150. The molecule has 1 saturated heterocycles. The highest BCUT2D eigenvalue weighted by Gasteiger charge is 2.22. The van der Waals surface area contributed by atoms with Gasteiger partial charge in [0.15, 0.2) is 9.84 Å². The number of amides is 1. The molecule has 0 atom stereocenters. The van der Waals surface area contributed by atoms with Crippen LogP contribution in [0.25, 0.3) is 0 Å². The number of nitrogens with zero attached hydrogens (tertiary/aromatic N) is 3. The van der Waals surface area contributed by atoms with Gasteiger partial charge in [-0.2, -0.15) is 5.26 Å². The van der Waals surface area contributed by atoms with Crippen LogP contribution in [0.4, 0.5) is 0 Å². The molecular formula is C14H17N3O3S. The molecule has 0 aliphatic carbocycles. The number of piperazine rings is 1. The summed E-state index contributed by atoms with van der Waals surface area (Å²) >= 11 is 0. The Morgan fingerprint density at radius 3 is 2.52 bits per heavy atom. The van der Waals surface area contributed by atoms with Gasteiger partial charge in [-0.1, -0.05) is 6.07 Å². The summed E-state index contributed by atoms with van der Waals surface area (Å²) in [5.74, 6) is -0.169. The van der Waals surface area contributed by atoms with Gasteiger partial charge in [0.25, 0.3) is 5.91 Å². The summed E-state index contributed by atoms with van der Waals surface area (Å²) in [4.78, 5) is 16.2. The van der Waals surface area contributed by atoms with Crippen molar-refractivity contribution in [2.45, 2.75) is 4.90 Å². The zero-order valence-electron chi connectivity index (χ0n) is 11.8. The summed E-state index contributed by atoms with van der Waals surface area (Å²) < 4.78 is 23.1. The zero-order chi connectivity index (χ0) is 15.5. The molecule has 7 heteroatoms. The van der Waals surface area contributed by atoms with Crippen molar-refractivity contribution in [3.63, 3.8) is 0 Å². The molecule has 0 saturated carbocycles. The molecule has 1 aromatic rings. The second-order valence-electron chi connectivity index (χ2n) is 5.03. The molecule has 1 fully saturated rings. The molecule has 1 aliphatic heterocycles. The van der Waals surface area contributed by atoms with Crippen LogP contribution < -0.4 is 0 Å². The van der Waals surface area contributed by atoms with Gasteiger partial charge < -0.3 is 4.90 Å². The van der Waals surface area contributed by atoms with E-state index >= 15 is 0 Å². The lowest BCUT2D eigenvalue weighted by Gasteiger charge is -2.33. The fourth-order valence-corrected chi connectivity index (χ4v) is 2.92. The van der Waals surface area contributed by atoms with Crippen LogP contribution in [0.5, 0.6) is 0 Å². The maximum absolute atomic E-state index is 12.4. The molecule has 1 heterocycles. The topological polar surface area (TPSA) is 81.5 Å². The van der Waals surface area contributed by atoms with Gasteiger partial charge in [0.1, 0.15) is 0 Å². The van der Waals surface area contributed by atoms with Gasteiger partial charge in [0.2, 0.25) is 0 Å². The lowest BCUT2D eigenvalue weighted by molar-refractivity contribution is 0.0651. The fourth-order valence-electron chi connectivity index (χ4n) is 2.25. The van der Waals surface area contributed by atoms with Gasteiger partial charge >= 0.3 is 0 Å². The summed E-state index contributed by atoms with van der Waals surface area (Å²) in [6.45, 7) is 2.77. The standard InChI is InChI=1S/C14H17N3O3S/c1-21(19,20)13-4-2-3-12(11-13)14(18)17-9-7-16(6-5-15)8-10-17/h2-4,11H,6-10H2,1H3. The third-order valence-electron chi connectivity index (χ3n) is 3.46. The number of carbonyl (C=O) groups is 1. The third kappa shape index (κ3) is 3.80. The van der Waals surface area contributed by atoms with Crippen molar-refractivity contribution in [1.29, 1.82) is 5.26 Å². The van der Waals surface area contributed by atoms with E-state index in [2.05, 4.69) is 6.07 Å². The van der Waals surface area contributed by atoms with Gasteiger partial charge in [0.05, 0.1) is 17.5 Å². The largest absolute Gasteiger partial charge is 0.336 e. The van der Waals surface area contributed by atoms with Gasteiger partial charge in [-0.25, -0.2) is 8.42 Å². The zero-order valence-corrected chi connectivity index (χ0v) is 12.6. The van der Waals surface area contributed by atoms with Gasteiger partial charge in [-0.15, -0.1) is 0 Å². The maximum Gasteiger partial charge on any atom is 0.253 e. The monoisotopic (exact) mass is 307 g/mol. The Bertz CT molecular complexity index is 671. The van der Waals surface area contributed by atoms with Crippen LogP contribution in [0.3, 0.4) is 0 Å². The van der Waals surface area contributed by atoms with Crippen molar-refractivity contribution in [3.8, 4) is 6.07 Å². The Kier molecular flexibility index (Phi) is 4.60. The first-order valence-corrected chi connectivity index (χ1v) is 8.49. The normalized spacial score (nSPS) is 16.5. The minimum Gasteiger partial charge on any atom is -0.336 e. The second-order valence-corrected chi connectivity index (χ2v) is 7.04. The molecule has 6 nitrogen and oxygen atoms in total. The average molecular weight is 307 g/mol. The molecule has 0 spiro atoms. The molecule has 0 unspecified atom stereocenters. The smallest absolute Gasteiger partial charge is 0.253 e. The van der Waals surface area contributed by atoms with Crippen LogP contribution >= 0.6 is 0 Å². The molecule has 0 bridgehead atoms. The minimum atomic E-state index is -3.32. The summed E-state index contributed by atoms with van der Waals surface area (Å²) in [6, 6.07) is 8.19. The highest BCUT2D eigenvalue weighted by molar-refractivity contribution is 7.90. The molecule has 0 radical (unpaired) electrons. The third-order valence-corrected chi connectivity index (χ3v) is 4.57. The Labute approximate surface area is 124 Å². The van der Waals surface area contributed by atoms with Gasteiger partial charge in [0, 0.05) is 38.0 Å². The van der Waals surface area contributed by atoms with E-state index in [0.29, 0.717) is 38.3 Å². The van der Waals surface area contributed by atoms with Crippen LogP contribution in [0.15, 0.2) is 29.2 Å². The van der Waals surface area contributed by atoms with E-state index in [9.17, 15) is 13.2 Å². The van der Waals surface area contributed by atoms with E-state index in [4.69, 9.17) is 5.26 Å². The van der Waals surface area contributed by atoms with E-state index in [-0.39, 0.29) is 10.8 Å². The SMILES string of the molecule is CS(=O)(=O)c1cccc(C(=O)N2CCN(CC#N)CC2)c1. The molecule has 1 aromatic carbocycles. The number of rotatable bonds is 3. The van der Waals surface area contributed by atoms with Crippen molar-refractivity contribution in [2.24, 2.45) is 0 Å².